The van der Waals surface area contributed by atoms with Gasteiger partial charge >= 0.3 is 0 Å². The maximum absolute atomic E-state index is 10.9. The molecule has 0 rings (SSSR count). The van der Waals surface area contributed by atoms with Crippen LogP contribution in [0.3, 0.4) is 0 Å². The minimum Gasteiger partial charge on any atom is -0.726 e. The number of unbranched alkanes of at least 4 members (excludes halogenated alkanes) is 5. The molecule has 124 valence electrons. The van der Waals surface area contributed by atoms with E-state index in [1.54, 1.807) is 0 Å². The fourth-order valence-corrected chi connectivity index (χ4v) is 3.28. The average Bonchev–Trinajstić information content (AvgIpc) is 2.30. The highest BCUT2D eigenvalue weighted by Gasteiger charge is 2.34. The second-order valence-corrected chi connectivity index (χ2v) is 6.57. The Morgan fingerprint density at radius 2 is 1.55 bits per heavy atom. The van der Waals surface area contributed by atoms with Gasteiger partial charge in [0, 0.05) is 0 Å². The summed E-state index contributed by atoms with van der Waals surface area (Å²) in [5, 5.41) is 0. The van der Waals surface area contributed by atoms with Crippen molar-refractivity contribution in [2.45, 2.75) is 84.7 Å². The zero-order chi connectivity index (χ0) is 14.9. The summed E-state index contributed by atoms with van der Waals surface area (Å²) in [6.07, 6.45) is 7.99. The molecule has 1 unspecified atom stereocenters. The zero-order valence-electron chi connectivity index (χ0n) is 13.8. The van der Waals surface area contributed by atoms with E-state index >= 15 is 0 Å². The lowest BCUT2D eigenvalue weighted by Crippen LogP contribution is -2.39. The van der Waals surface area contributed by atoms with Gasteiger partial charge in [-0.3, -0.25) is 4.18 Å². The van der Waals surface area contributed by atoms with Gasteiger partial charge in [-0.25, -0.2) is 8.42 Å². The van der Waals surface area contributed by atoms with Crippen LogP contribution < -0.4 is 6.15 Å². The molecule has 0 radical (unpaired) electrons. The van der Waals surface area contributed by atoms with E-state index in [-0.39, 0.29) is 12.1 Å². The Hall–Kier alpha value is -0.170. The van der Waals surface area contributed by atoms with E-state index in [1.807, 2.05) is 20.8 Å². The van der Waals surface area contributed by atoms with E-state index < -0.39 is 16.0 Å². The third kappa shape index (κ3) is 8.89. The highest BCUT2D eigenvalue weighted by Crippen LogP contribution is 2.33. The molecule has 20 heavy (non-hydrogen) atoms. The van der Waals surface area contributed by atoms with Crippen LogP contribution in [-0.4, -0.2) is 18.6 Å². The molecule has 0 aromatic heterocycles. The molecule has 5 nitrogen and oxygen atoms in total. The van der Waals surface area contributed by atoms with Crippen LogP contribution in [-0.2, 0) is 14.6 Å². The molecule has 0 saturated heterocycles. The van der Waals surface area contributed by atoms with Crippen LogP contribution >= 0.6 is 0 Å². The number of rotatable bonds is 11. The van der Waals surface area contributed by atoms with Crippen molar-refractivity contribution in [1.82, 2.24) is 6.15 Å². The molecule has 0 aromatic carbocycles. The summed E-state index contributed by atoms with van der Waals surface area (Å²) in [7, 11) is -4.64. The lowest BCUT2D eigenvalue weighted by atomic mass is 9.83. The van der Waals surface area contributed by atoms with Crippen molar-refractivity contribution in [2.75, 3.05) is 0 Å². The van der Waals surface area contributed by atoms with Crippen LogP contribution in [0.2, 0.25) is 0 Å². The average molecular weight is 311 g/mol. The van der Waals surface area contributed by atoms with Gasteiger partial charge in [-0.2, -0.15) is 0 Å². The topological polar surface area (TPSA) is 103 Å². The van der Waals surface area contributed by atoms with Gasteiger partial charge in [-0.1, -0.05) is 66.2 Å². The van der Waals surface area contributed by atoms with Crippen molar-refractivity contribution < 1.29 is 17.2 Å². The molecular weight excluding hydrogens is 278 g/mol. The van der Waals surface area contributed by atoms with Crippen molar-refractivity contribution in [3.8, 4) is 0 Å². The standard InChI is InChI=1S/C14H30O4S.H3N/c1-5-7-8-9-10-11-12-14(6-2,13(3)4)18-19(15,16)17;/h13H,5-12H2,1-4H3,(H,15,16,17);1H3. The van der Waals surface area contributed by atoms with Gasteiger partial charge < -0.3 is 10.7 Å². The van der Waals surface area contributed by atoms with E-state index in [0.717, 1.165) is 19.3 Å². The van der Waals surface area contributed by atoms with Crippen molar-refractivity contribution in [2.24, 2.45) is 5.92 Å². The van der Waals surface area contributed by atoms with Gasteiger partial charge in [-0.05, 0) is 18.8 Å². The molecule has 1 atom stereocenters. The minimum atomic E-state index is -4.64. The molecule has 0 heterocycles. The first-order chi connectivity index (χ1) is 8.77. The quantitative estimate of drug-likeness (QED) is 0.347. The molecule has 0 spiro atoms. The van der Waals surface area contributed by atoms with Crippen LogP contribution in [0.1, 0.15) is 79.1 Å². The SMILES string of the molecule is CCCCCCCCC(CC)(OS(=O)(=O)[O-])C(C)C.[NH4+]. The van der Waals surface area contributed by atoms with E-state index in [1.165, 1.54) is 19.3 Å². The minimum absolute atomic E-state index is 0. The summed E-state index contributed by atoms with van der Waals surface area (Å²) in [5.41, 5.74) is -0.828. The molecule has 0 aromatic rings. The summed E-state index contributed by atoms with van der Waals surface area (Å²) in [6.45, 7) is 7.87. The first-order valence-corrected chi connectivity index (χ1v) is 8.77. The first kappa shape index (κ1) is 22.1. The molecule has 6 heteroatoms. The van der Waals surface area contributed by atoms with Gasteiger partial charge in [0.2, 0.25) is 10.4 Å². The van der Waals surface area contributed by atoms with Crippen LogP contribution in [0.25, 0.3) is 0 Å². The maximum atomic E-state index is 10.9. The predicted molar refractivity (Wildman–Crippen MR) is 82.6 cm³/mol. The van der Waals surface area contributed by atoms with E-state index in [9.17, 15) is 13.0 Å². The predicted octanol–water partition coefficient (Wildman–Crippen LogP) is 4.39. The summed E-state index contributed by atoms with van der Waals surface area (Å²) < 4.78 is 37.6. The number of hydrogen-bond donors (Lipinski definition) is 1. The van der Waals surface area contributed by atoms with Gasteiger partial charge in [0.25, 0.3) is 0 Å². The molecule has 0 fully saturated rings. The third-order valence-electron chi connectivity index (χ3n) is 3.87. The monoisotopic (exact) mass is 311 g/mol. The zero-order valence-corrected chi connectivity index (χ0v) is 14.6. The smallest absolute Gasteiger partial charge is 0.218 e. The molecule has 4 N–H and O–H groups in total. The van der Waals surface area contributed by atoms with Crippen LogP contribution in [0.15, 0.2) is 0 Å². The lowest BCUT2D eigenvalue weighted by Gasteiger charge is -2.37. The first-order valence-electron chi connectivity index (χ1n) is 7.44. The lowest BCUT2D eigenvalue weighted by molar-refractivity contribution is 0.00253. The van der Waals surface area contributed by atoms with Gasteiger partial charge in [0.05, 0.1) is 5.60 Å². The summed E-state index contributed by atoms with van der Waals surface area (Å²) in [4.78, 5) is 0. The van der Waals surface area contributed by atoms with E-state index in [2.05, 4.69) is 6.92 Å². The second kappa shape index (κ2) is 10.5. The maximum Gasteiger partial charge on any atom is 0.218 e. The van der Waals surface area contributed by atoms with Crippen molar-refractivity contribution >= 4 is 10.4 Å². The van der Waals surface area contributed by atoms with Gasteiger partial charge in [0.15, 0.2) is 0 Å². The Bertz CT molecular complexity index is 330. The second-order valence-electron chi connectivity index (χ2n) is 5.58. The molecule has 0 bridgehead atoms. The Labute approximate surface area is 125 Å². The number of hydrogen-bond acceptors (Lipinski definition) is 4. The Morgan fingerprint density at radius 1 is 1.05 bits per heavy atom. The fraction of sp³-hybridized carbons (Fsp3) is 1.00. The van der Waals surface area contributed by atoms with Gasteiger partial charge in [0.1, 0.15) is 0 Å². The van der Waals surface area contributed by atoms with Crippen molar-refractivity contribution in [3.05, 3.63) is 0 Å². The Morgan fingerprint density at radius 3 is 1.95 bits per heavy atom. The molecule has 0 amide bonds. The summed E-state index contributed by atoms with van der Waals surface area (Å²) in [5.74, 6) is 0.0110. The van der Waals surface area contributed by atoms with E-state index in [4.69, 9.17) is 4.18 Å². The van der Waals surface area contributed by atoms with E-state index in [0.29, 0.717) is 12.8 Å². The fourth-order valence-electron chi connectivity index (χ4n) is 2.48. The highest BCUT2D eigenvalue weighted by atomic mass is 32.3. The van der Waals surface area contributed by atoms with Crippen molar-refractivity contribution in [1.29, 1.82) is 0 Å². The largest absolute Gasteiger partial charge is 0.726 e. The molecule has 0 aliphatic rings. The van der Waals surface area contributed by atoms with Crippen molar-refractivity contribution in [3.63, 3.8) is 0 Å². The number of quaternary nitrogens is 1. The highest BCUT2D eigenvalue weighted by molar-refractivity contribution is 7.80. The Kier molecular flexibility index (Phi) is 11.7. The summed E-state index contributed by atoms with van der Waals surface area (Å²) >= 11 is 0. The molecule has 0 aliphatic carbocycles. The van der Waals surface area contributed by atoms with Crippen LogP contribution in [0.5, 0.6) is 0 Å². The van der Waals surface area contributed by atoms with Crippen LogP contribution in [0, 0.1) is 5.92 Å². The van der Waals surface area contributed by atoms with Crippen LogP contribution in [0.4, 0.5) is 0 Å². The molecule has 0 saturated carbocycles. The molecular formula is C14H33NO4S. The van der Waals surface area contributed by atoms with Gasteiger partial charge in [-0.15, -0.1) is 0 Å². The summed E-state index contributed by atoms with van der Waals surface area (Å²) in [6, 6.07) is 0. The third-order valence-corrected chi connectivity index (χ3v) is 4.41. The normalized spacial score (nSPS) is 14.9. The Balaban J connectivity index is 0. The molecule has 0 aliphatic heterocycles.